The van der Waals surface area contributed by atoms with E-state index in [1.165, 1.54) is 0 Å². The summed E-state index contributed by atoms with van der Waals surface area (Å²) >= 11 is 7.13. The molecule has 2 unspecified atom stereocenters. The molecule has 0 radical (unpaired) electrons. The lowest BCUT2D eigenvalue weighted by atomic mass is 9.95. The third-order valence-electron chi connectivity index (χ3n) is 7.22. The molecule has 0 aromatic heterocycles. The summed E-state index contributed by atoms with van der Waals surface area (Å²) in [5, 5.41) is 11.0. The second-order valence-electron chi connectivity index (χ2n) is 10.2. The first-order chi connectivity index (χ1) is 18.8. The molecule has 2 fully saturated rings. The van der Waals surface area contributed by atoms with Gasteiger partial charge in [0.1, 0.15) is 11.5 Å². The molecule has 39 heavy (non-hydrogen) atoms. The van der Waals surface area contributed by atoms with Gasteiger partial charge < -0.3 is 19.7 Å². The van der Waals surface area contributed by atoms with E-state index in [9.17, 15) is 4.79 Å². The number of benzene rings is 3. The smallest absolute Gasteiger partial charge is 0.262 e. The number of hydrogen-bond donors (Lipinski definition) is 3. The molecule has 2 saturated heterocycles. The van der Waals surface area contributed by atoms with Crippen molar-refractivity contribution in [2.45, 2.75) is 37.7 Å². The number of nitrogens with one attached hydrogen (secondary N) is 3. The van der Waals surface area contributed by atoms with Gasteiger partial charge in [0.2, 0.25) is 0 Å². The number of carbonyl (C=O) groups excluding carboxylic acids is 1. The van der Waals surface area contributed by atoms with Crippen LogP contribution in [0.5, 0.6) is 11.5 Å². The molecule has 9 heteroatoms. The summed E-state index contributed by atoms with van der Waals surface area (Å²) in [6, 6.07) is 21.8. The normalized spacial score (nSPS) is 23.2. The molecule has 2 heterocycles. The molecule has 2 atom stereocenters. The first-order valence-corrected chi connectivity index (χ1v) is 14.8. The number of rotatable bonds is 7. The number of carbonyl (C=O) groups is 1. The lowest BCUT2D eigenvalue weighted by Gasteiger charge is -2.38. The number of nitrogens with zero attached hydrogens (tertiary/aromatic N) is 1. The van der Waals surface area contributed by atoms with Crippen molar-refractivity contribution in [1.82, 2.24) is 20.9 Å². The summed E-state index contributed by atoms with van der Waals surface area (Å²) < 4.78 is 13.9. The third-order valence-corrected chi connectivity index (χ3v) is 8.27. The van der Waals surface area contributed by atoms with Gasteiger partial charge in [0.15, 0.2) is 5.66 Å². The predicted molar refractivity (Wildman–Crippen MR) is 160 cm³/mol. The van der Waals surface area contributed by atoms with Crippen molar-refractivity contribution in [3.63, 3.8) is 0 Å². The highest BCUT2D eigenvalue weighted by molar-refractivity contribution is 9.10. The maximum atomic E-state index is 14.6. The minimum absolute atomic E-state index is 0.0236. The minimum atomic E-state index is -1.23. The van der Waals surface area contributed by atoms with Crippen molar-refractivity contribution in [2.75, 3.05) is 33.3 Å². The summed E-state index contributed by atoms with van der Waals surface area (Å²) in [7, 11) is 1.63. The van der Waals surface area contributed by atoms with E-state index in [4.69, 9.17) is 9.47 Å². The quantitative estimate of drug-likeness (QED) is 0.322. The van der Waals surface area contributed by atoms with Gasteiger partial charge >= 0.3 is 0 Å². The first-order valence-electron chi connectivity index (χ1n) is 13.2. The molecule has 0 bridgehead atoms. The number of hydrogen-bond acceptors (Lipinski definition) is 6. The van der Waals surface area contributed by atoms with Gasteiger partial charge in [0.05, 0.1) is 25.3 Å². The van der Waals surface area contributed by atoms with Crippen molar-refractivity contribution >= 4 is 37.8 Å². The van der Waals surface area contributed by atoms with Crippen LogP contribution in [0, 0.1) is 0 Å². The Morgan fingerprint density at radius 3 is 1.92 bits per heavy atom. The van der Waals surface area contributed by atoms with Gasteiger partial charge in [-0.15, -0.1) is 0 Å². The number of piperazine rings is 1. The highest BCUT2D eigenvalue weighted by atomic mass is 79.9. The molecule has 2 aliphatic heterocycles. The summed E-state index contributed by atoms with van der Waals surface area (Å²) in [4.78, 5) is 16.6. The molecule has 3 aromatic carbocycles. The third kappa shape index (κ3) is 5.88. The Labute approximate surface area is 246 Å². The maximum Gasteiger partial charge on any atom is 0.262 e. The number of methoxy groups -OCH3 is 1. The average molecular weight is 658 g/mol. The van der Waals surface area contributed by atoms with Gasteiger partial charge in [-0.25, -0.2) is 0 Å². The molecule has 2 aliphatic rings. The fraction of sp³-hybridized carbons (Fsp3) is 0.367. The Morgan fingerprint density at radius 2 is 1.44 bits per heavy atom. The zero-order valence-corrected chi connectivity index (χ0v) is 25.5. The van der Waals surface area contributed by atoms with E-state index in [1.54, 1.807) is 7.11 Å². The van der Waals surface area contributed by atoms with Crippen molar-refractivity contribution in [1.29, 1.82) is 0 Å². The second kappa shape index (κ2) is 12.0. The molecule has 3 aromatic rings. The lowest BCUT2D eigenvalue weighted by Crippen LogP contribution is -2.61. The van der Waals surface area contributed by atoms with Gasteiger partial charge in [-0.1, -0.05) is 56.1 Å². The molecule has 3 N–H and O–H groups in total. The van der Waals surface area contributed by atoms with Gasteiger partial charge in [0.25, 0.3) is 5.91 Å². The summed E-state index contributed by atoms with van der Waals surface area (Å²) in [6.45, 7) is 6.74. The van der Waals surface area contributed by atoms with Crippen LogP contribution in [0.15, 0.2) is 75.7 Å². The van der Waals surface area contributed by atoms with Crippen LogP contribution in [0.3, 0.4) is 0 Å². The van der Waals surface area contributed by atoms with Crippen LogP contribution >= 0.6 is 31.9 Å². The SMILES string of the molecule is COc1ccc(C2(C(=O)N3CCNCC3)NC(c3ccc(Br)cc3)C(c3ccc(Br)cc3)N2)c(OC(C)C)c1. The van der Waals surface area contributed by atoms with Crippen LogP contribution in [0.4, 0.5) is 0 Å². The van der Waals surface area contributed by atoms with E-state index in [0.717, 1.165) is 38.7 Å². The highest BCUT2D eigenvalue weighted by Crippen LogP contribution is 2.45. The van der Waals surface area contributed by atoms with Crippen LogP contribution in [0.1, 0.15) is 42.6 Å². The van der Waals surface area contributed by atoms with E-state index in [-0.39, 0.29) is 24.1 Å². The maximum absolute atomic E-state index is 14.6. The zero-order chi connectivity index (χ0) is 27.6. The topological polar surface area (TPSA) is 74.9 Å². The van der Waals surface area contributed by atoms with Gasteiger partial charge in [0, 0.05) is 46.8 Å². The summed E-state index contributed by atoms with van der Waals surface area (Å²) in [6.07, 6.45) is -0.0897. The molecule has 0 saturated carbocycles. The zero-order valence-electron chi connectivity index (χ0n) is 22.3. The monoisotopic (exact) mass is 656 g/mol. The molecule has 0 aliphatic carbocycles. The Bertz CT molecular complexity index is 1240. The van der Waals surface area contributed by atoms with Crippen LogP contribution in [0.25, 0.3) is 0 Å². The van der Waals surface area contributed by atoms with Crippen LogP contribution in [-0.2, 0) is 10.5 Å². The van der Waals surface area contributed by atoms with E-state index >= 15 is 0 Å². The summed E-state index contributed by atoms with van der Waals surface area (Å²) in [5.41, 5.74) is 1.66. The minimum Gasteiger partial charge on any atom is -0.497 e. The van der Waals surface area contributed by atoms with Crippen LogP contribution in [-0.4, -0.2) is 50.2 Å². The molecule has 7 nitrogen and oxygen atoms in total. The van der Waals surface area contributed by atoms with Crippen LogP contribution in [0.2, 0.25) is 0 Å². The molecule has 1 amide bonds. The molecular formula is C30H34Br2N4O3. The van der Waals surface area contributed by atoms with E-state index in [0.29, 0.717) is 24.6 Å². The molecular weight excluding hydrogens is 624 g/mol. The van der Waals surface area contributed by atoms with E-state index < -0.39 is 5.66 Å². The van der Waals surface area contributed by atoms with Crippen molar-refractivity contribution in [3.8, 4) is 11.5 Å². The lowest BCUT2D eigenvalue weighted by molar-refractivity contribution is -0.140. The first kappa shape index (κ1) is 28.1. The Balaban J connectivity index is 1.69. The summed E-state index contributed by atoms with van der Waals surface area (Å²) in [5.74, 6) is 1.26. The van der Waals surface area contributed by atoms with Gasteiger partial charge in [-0.2, -0.15) is 0 Å². The predicted octanol–water partition coefficient (Wildman–Crippen LogP) is 5.27. The number of amides is 1. The molecule has 206 valence electrons. The van der Waals surface area contributed by atoms with Crippen LogP contribution < -0.4 is 25.4 Å². The number of halogens is 2. The second-order valence-corrected chi connectivity index (χ2v) is 12.0. The highest BCUT2D eigenvalue weighted by Gasteiger charge is 2.54. The Morgan fingerprint density at radius 1 is 0.897 bits per heavy atom. The van der Waals surface area contributed by atoms with E-state index in [1.807, 2.05) is 61.2 Å². The standard InChI is InChI=1S/C30H34Br2N4O3/c1-19(2)39-26-18-24(38-3)12-13-25(26)30(29(37)36-16-14-33-15-17-36)34-27(20-4-8-22(31)9-5-20)28(35-30)21-6-10-23(32)11-7-21/h4-13,18-19,27-28,33-35H,14-17H2,1-3H3. The van der Waals surface area contributed by atoms with Crippen molar-refractivity contribution in [2.24, 2.45) is 0 Å². The van der Waals surface area contributed by atoms with Crippen molar-refractivity contribution < 1.29 is 14.3 Å². The molecule has 5 rings (SSSR count). The number of ether oxygens (including phenoxy) is 2. The molecule has 0 spiro atoms. The van der Waals surface area contributed by atoms with Gasteiger partial charge in [-0.3, -0.25) is 15.4 Å². The fourth-order valence-corrected chi connectivity index (χ4v) is 5.89. The fourth-order valence-electron chi connectivity index (χ4n) is 5.36. The largest absolute Gasteiger partial charge is 0.497 e. The average Bonchev–Trinajstić information content (AvgIpc) is 3.35. The Hall–Kier alpha value is -2.43. The van der Waals surface area contributed by atoms with E-state index in [2.05, 4.69) is 72.1 Å². The van der Waals surface area contributed by atoms with Gasteiger partial charge in [-0.05, 0) is 61.4 Å². The van der Waals surface area contributed by atoms with Crippen molar-refractivity contribution in [3.05, 3.63) is 92.4 Å². The Kier molecular flexibility index (Phi) is 8.63.